The maximum absolute atomic E-state index is 11.6. The van der Waals surface area contributed by atoms with Crippen molar-refractivity contribution in [3.63, 3.8) is 0 Å². The molecule has 1 N–H and O–H groups in total. The van der Waals surface area contributed by atoms with E-state index in [9.17, 15) is 9.59 Å². The lowest BCUT2D eigenvalue weighted by molar-refractivity contribution is -0.135. The SMILES string of the molecule is COC(=O)/C=C1\C(=C/C(=O)O)C(C)(C)C(C)(C)C1(C)C. The van der Waals surface area contributed by atoms with Crippen LogP contribution >= 0.6 is 0 Å². The van der Waals surface area contributed by atoms with E-state index in [0.717, 1.165) is 5.57 Å². The second kappa shape index (κ2) is 4.76. The number of hydrogen-bond donors (Lipinski definition) is 1. The lowest BCUT2D eigenvalue weighted by Crippen LogP contribution is -2.37. The van der Waals surface area contributed by atoms with Crippen LogP contribution in [-0.4, -0.2) is 24.2 Å². The molecule has 0 amide bonds. The largest absolute Gasteiger partial charge is 0.478 e. The average molecular weight is 280 g/mol. The van der Waals surface area contributed by atoms with Gasteiger partial charge in [0.1, 0.15) is 0 Å². The number of hydrogen-bond acceptors (Lipinski definition) is 3. The fraction of sp³-hybridized carbons (Fsp3) is 0.625. The molecule has 0 heterocycles. The van der Waals surface area contributed by atoms with Gasteiger partial charge in [-0.05, 0) is 27.4 Å². The van der Waals surface area contributed by atoms with Crippen molar-refractivity contribution >= 4 is 11.9 Å². The fourth-order valence-electron chi connectivity index (χ4n) is 2.94. The van der Waals surface area contributed by atoms with Crippen molar-refractivity contribution in [1.29, 1.82) is 0 Å². The summed E-state index contributed by atoms with van der Waals surface area (Å²) in [6.07, 6.45) is 2.64. The van der Waals surface area contributed by atoms with Crippen molar-refractivity contribution in [3.05, 3.63) is 23.3 Å². The number of methoxy groups -OCH3 is 1. The lowest BCUT2D eigenvalue weighted by Gasteiger charge is -2.43. The highest BCUT2D eigenvalue weighted by molar-refractivity contribution is 5.87. The number of rotatable bonds is 2. The van der Waals surface area contributed by atoms with E-state index in [1.807, 2.05) is 27.7 Å². The van der Waals surface area contributed by atoms with E-state index in [4.69, 9.17) is 9.84 Å². The molecule has 1 aliphatic carbocycles. The number of ether oxygens (including phenoxy) is 1. The summed E-state index contributed by atoms with van der Waals surface area (Å²) >= 11 is 0. The van der Waals surface area contributed by atoms with Gasteiger partial charge in [0.05, 0.1) is 7.11 Å². The Morgan fingerprint density at radius 1 is 0.950 bits per heavy atom. The Hall–Kier alpha value is -1.58. The van der Waals surface area contributed by atoms with Crippen molar-refractivity contribution in [2.75, 3.05) is 7.11 Å². The summed E-state index contributed by atoms with van der Waals surface area (Å²) in [4.78, 5) is 22.8. The van der Waals surface area contributed by atoms with Gasteiger partial charge >= 0.3 is 11.9 Å². The highest BCUT2D eigenvalue weighted by atomic mass is 16.5. The zero-order valence-electron chi connectivity index (χ0n) is 13.3. The van der Waals surface area contributed by atoms with Crippen molar-refractivity contribution in [2.45, 2.75) is 41.5 Å². The molecule has 1 fully saturated rings. The Kier molecular flexibility index (Phi) is 3.92. The van der Waals surface area contributed by atoms with Crippen molar-refractivity contribution in [2.24, 2.45) is 16.2 Å². The predicted octanol–water partition coefficient (Wildman–Crippen LogP) is 3.19. The van der Waals surface area contributed by atoms with E-state index < -0.39 is 11.9 Å². The normalized spacial score (nSPS) is 26.8. The standard InChI is InChI=1S/C16H24O4/c1-14(2)10(8-12(17)18)11(9-13(19)20-7)15(3,4)16(14,5)6/h8-9H,1-7H3,(H,17,18)/b10-8+,11-9+. The van der Waals surface area contributed by atoms with Crippen LogP contribution in [0.4, 0.5) is 0 Å². The van der Waals surface area contributed by atoms with Crippen LogP contribution in [0.25, 0.3) is 0 Å². The Labute approximate surface area is 120 Å². The van der Waals surface area contributed by atoms with Gasteiger partial charge in [0.15, 0.2) is 0 Å². The summed E-state index contributed by atoms with van der Waals surface area (Å²) < 4.78 is 4.71. The van der Waals surface area contributed by atoms with Crippen LogP contribution in [0.5, 0.6) is 0 Å². The quantitative estimate of drug-likeness (QED) is 0.623. The third-order valence-electron chi connectivity index (χ3n) is 5.49. The van der Waals surface area contributed by atoms with E-state index in [0.29, 0.717) is 5.57 Å². The van der Waals surface area contributed by atoms with Crippen LogP contribution in [-0.2, 0) is 14.3 Å². The Morgan fingerprint density at radius 3 is 1.70 bits per heavy atom. The Morgan fingerprint density at radius 2 is 1.35 bits per heavy atom. The molecule has 0 aliphatic heterocycles. The first-order valence-electron chi connectivity index (χ1n) is 6.65. The highest BCUT2D eigenvalue weighted by Gasteiger charge is 2.59. The smallest absolute Gasteiger partial charge is 0.330 e. The molecule has 20 heavy (non-hydrogen) atoms. The molecular weight excluding hydrogens is 256 g/mol. The van der Waals surface area contributed by atoms with Gasteiger partial charge in [-0.2, -0.15) is 0 Å². The number of esters is 1. The van der Waals surface area contributed by atoms with Gasteiger partial charge in [-0.25, -0.2) is 9.59 Å². The number of carboxylic acids is 1. The van der Waals surface area contributed by atoms with E-state index in [-0.39, 0.29) is 16.2 Å². The van der Waals surface area contributed by atoms with Crippen molar-refractivity contribution in [3.8, 4) is 0 Å². The second-order valence-corrected chi connectivity index (χ2v) is 6.85. The minimum absolute atomic E-state index is 0.207. The summed E-state index contributed by atoms with van der Waals surface area (Å²) in [6, 6.07) is 0. The van der Waals surface area contributed by atoms with Gasteiger partial charge in [-0.1, -0.05) is 41.5 Å². The van der Waals surface area contributed by atoms with E-state index >= 15 is 0 Å². The Bertz CT molecular complexity index is 505. The molecule has 0 spiro atoms. The third kappa shape index (κ3) is 2.17. The van der Waals surface area contributed by atoms with Crippen LogP contribution in [0, 0.1) is 16.2 Å². The summed E-state index contributed by atoms with van der Waals surface area (Å²) in [6.45, 7) is 12.3. The topological polar surface area (TPSA) is 63.6 Å². The average Bonchev–Trinajstić information content (AvgIpc) is 2.39. The molecule has 1 aliphatic rings. The van der Waals surface area contributed by atoms with Gasteiger partial charge in [-0.3, -0.25) is 0 Å². The zero-order chi connectivity index (χ0) is 15.9. The van der Waals surface area contributed by atoms with Crippen molar-refractivity contribution in [1.82, 2.24) is 0 Å². The lowest BCUT2D eigenvalue weighted by atomic mass is 9.60. The van der Waals surface area contributed by atoms with Crippen LogP contribution in [0.3, 0.4) is 0 Å². The molecule has 112 valence electrons. The molecule has 0 aromatic carbocycles. The molecule has 0 radical (unpaired) electrons. The zero-order valence-corrected chi connectivity index (χ0v) is 13.3. The van der Waals surface area contributed by atoms with E-state index in [1.54, 1.807) is 0 Å². The molecule has 0 aromatic heterocycles. The first-order valence-corrected chi connectivity index (χ1v) is 6.65. The summed E-state index contributed by atoms with van der Waals surface area (Å²) in [5, 5.41) is 9.14. The molecule has 0 aromatic rings. The van der Waals surface area contributed by atoms with E-state index in [2.05, 4.69) is 13.8 Å². The summed E-state index contributed by atoms with van der Waals surface area (Å²) in [7, 11) is 1.32. The van der Waals surface area contributed by atoms with E-state index in [1.165, 1.54) is 19.3 Å². The monoisotopic (exact) mass is 280 g/mol. The molecule has 4 nitrogen and oxygen atoms in total. The van der Waals surface area contributed by atoms with Gasteiger partial charge in [0, 0.05) is 12.2 Å². The minimum atomic E-state index is -1.00. The maximum Gasteiger partial charge on any atom is 0.330 e. The second-order valence-electron chi connectivity index (χ2n) is 6.85. The summed E-state index contributed by atoms with van der Waals surface area (Å²) in [5.41, 5.74) is 0.508. The van der Waals surface area contributed by atoms with Gasteiger partial charge in [-0.15, -0.1) is 0 Å². The first-order chi connectivity index (χ1) is 8.89. The molecular formula is C16H24O4. The number of carbonyl (C=O) groups excluding carboxylic acids is 1. The fourth-order valence-corrected chi connectivity index (χ4v) is 2.94. The Balaban J connectivity index is 3.65. The number of aliphatic carboxylic acids is 1. The number of carbonyl (C=O) groups is 2. The summed E-state index contributed by atoms with van der Waals surface area (Å²) in [5.74, 6) is -1.46. The molecule has 4 heteroatoms. The molecule has 0 saturated heterocycles. The van der Waals surface area contributed by atoms with Crippen molar-refractivity contribution < 1.29 is 19.4 Å². The van der Waals surface area contributed by atoms with Crippen LogP contribution in [0.2, 0.25) is 0 Å². The van der Waals surface area contributed by atoms with Crippen LogP contribution in [0.15, 0.2) is 23.3 Å². The van der Waals surface area contributed by atoms with Crippen LogP contribution in [0.1, 0.15) is 41.5 Å². The molecule has 0 atom stereocenters. The predicted molar refractivity (Wildman–Crippen MR) is 77.2 cm³/mol. The molecule has 0 bridgehead atoms. The first kappa shape index (κ1) is 16.5. The molecule has 1 rings (SSSR count). The van der Waals surface area contributed by atoms with Gasteiger partial charge < -0.3 is 9.84 Å². The molecule has 1 saturated carbocycles. The highest BCUT2D eigenvalue weighted by Crippen LogP contribution is 2.67. The number of allylic oxidation sites excluding steroid dienone is 2. The number of carboxylic acid groups (broad SMARTS) is 1. The van der Waals surface area contributed by atoms with Gasteiger partial charge in [0.2, 0.25) is 0 Å². The van der Waals surface area contributed by atoms with Crippen LogP contribution < -0.4 is 0 Å². The minimum Gasteiger partial charge on any atom is -0.478 e. The maximum atomic E-state index is 11.6. The molecule has 0 unspecified atom stereocenters. The third-order valence-corrected chi connectivity index (χ3v) is 5.49. The van der Waals surface area contributed by atoms with Gasteiger partial charge in [0.25, 0.3) is 0 Å².